The van der Waals surface area contributed by atoms with Crippen LogP contribution in [0.1, 0.15) is 31.2 Å². The summed E-state index contributed by atoms with van der Waals surface area (Å²) in [5.41, 5.74) is 1.13. The standard InChI is InChI=1S/C14H18N2S/c1-10(11-5-4-6-11)15-9-14-16-12-7-2-3-8-13(12)17-14/h2-3,7-8,10-11,15H,4-6,9H2,1H3. The van der Waals surface area contributed by atoms with E-state index in [4.69, 9.17) is 0 Å². The molecule has 1 saturated carbocycles. The number of hydrogen-bond acceptors (Lipinski definition) is 3. The second-order valence-electron chi connectivity index (χ2n) is 4.94. The predicted octanol–water partition coefficient (Wildman–Crippen LogP) is 3.57. The Morgan fingerprint density at radius 1 is 1.41 bits per heavy atom. The lowest BCUT2D eigenvalue weighted by molar-refractivity contribution is 0.240. The molecule has 1 aromatic heterocycles. The predicted molar refractivity (Wildman–Crippen MR) is 73.3 cm³/mol. The number of nitrogens with zero attached hydrogens (tertiary/aromatic N) is 1. The fraction of sp³-hybridized carbons (Fsp3) is 0.500. The van der Waals surface area contributed by atoms with E-state index in [9.17, 15) is 0 Å². The minimum atomic E-state index is 0.635. The Balaban J connectivity index is 1.64. The third-order valence-corrected chi connectivity index (χ3v) is 4.81. The van der Waals surface area contributed by atoms with Crippen LogP contribution in [0, 0.1) is 5.92 Å². The van der Waals surface area contributed by atoms with E-state index in [0.29, 0.717) is 6.04 Å². The zero-order valence-corrected chi connectivity index (χ0v) is 11.0. The van der Waals surface area contributed by atoms with Gasteiger partial charge < -0.3 is 5.32 Å². The van der Waals surface area contributed by atoms with E-state index in [1.54, 1.807) is 11.3 Å². The van der Waals surface area contributed by atoms with E-state index in [-0.39, 0.29) is 0 Å². The maximum absolute atomic E-state index is 4.64. The van der Waals surface area contributed by atoms with Crippen LogP contribution in [-0.2, 0) is 6.54 Å². The van der Waals surface area contributed by atoms with Gasteiger partial charge >= 0.3 is 0 Å². The van der Waals surface area contributed by atoms with Crippen LogP contribution in [0.25, 0.3) is 10.2 Å². The summed E-state index contributed by atoms with van der Waals surface area (Å²) in [4.78, 5) is 4.64. The first-order valence-corrected chi connectivity index (χ1v) is 7.22. The maximum atomic E-state index is 4.64. The number of nitrogens with one attached hydrogen (secondary N) is 1. The quantitative estimate of drug-likeness (QED) is 0.892. The van der Waals surface area contributed by atoms with Gasteiger partial charge in [-0.05, 0) is 37.8 Å². The van der Waals surface area contributed by atoms with Gasteiger partial charge in [0.05, 0.1) is 10.2 Å². The van der Waals surface area contributed by atoms with Crippen molar-refractivity contribution in [1.29, 1.82) is 0 Å². The van der Waals surface area contributed by atoms with Crippen LogP contribution in [0.2, 0.25) is 0 Å². The lowest BCUT2D eigenvalue weighted by Gasteiger charge is -2.31. The molecule has 1 aromatic carbocycles. The highest BCUT2D eigenvalue weighted by molar-refractivity contribution is 7.18. The van der Waals surface area contributed by atoms with Gasteiger partial charge in [-0.1, -0.05) is 18.6 Å². The molecule has 1 fully saturated rings. The number of benzene rings is 1. The van der Waals surface area contributed by atoms with Crippen molar-refractivity contribution in [3.05, 3.63) is 29.3 Å². The monoisotopic (exact) mass is 246 g/mol. The SMILES string of the molecule is CC(NCc1nc2ccccc2s1)C1CCC1. The van der Waals surface area contributed by atoms with Crippen LogP contribution in [0.15, 0.2) is 24.3 Å². The molecule has 1 unspecified atom stereocenters. The van der Waals surface area contributed by atoms with Crippen LogP contribution >= 0.6 is 11.3 Å². The molecule has 0 saturated heterocycles. The fourth-order valence-corrected chi connectivity index (χ4v) is 3.27. The topological polar surface area (TPSA) is 24.9 Å². The van der Waals surface area contributed by atoms with Gasteiger partial charge in [-0.15, -0.1) is 11.3 Å². The van der Waals surface area contributed by atoms with Crippen LogP contribution in [0.4, 0.5) is 0 Å². The molecule has 90 valence electrons. The smallest absolute Gasteiger partial charge is 0.108 e. The Kier molecular flexibility index (Phi) is 3.12. The molecule has 0 aliphatic heterocycles. The molecule has 2 aromatic rings. The molecule has 1 heterocycles. The van der Waals surface area contributed by atoms with E-state index in [1.165, 1.54) is 29.0 Å². The maximum Gasteiger partial charge on any atom is 0.108 e. The summed E-state index contributed by atoms with van der Waals surface area (Å²) >= 11 is 1.80. The summed E-state index contributed by atoms with van der Waals surface area (Å²) in [7, 11) is 0. The zero-order chi connectivity index (χ0) is 11.7. The van der Waals surface area contributed by atoms with Crippen molar-refractivity contribution in [3.8, 4) is 0 Å². The van der Waals surface area contributed by atoms with Gasteiger partial charge in [0.2, 0.25) is 0 Å². The van der Waals surface area contributed by atoms with Gasteiger partial charge in [-0.25, -0.2) is 4.98 Å². The average Bonchev–Trinajstić information content (AvgIpc) is 2.66. The van der Waals surface area contributed by atoms with Gasteiger partial charge in [0, 0.05) is 12.6 Å². The summed E-state index contributed by atoms with van der Waals surface area (Å²) in [5, 5.41) is 4.82. The lowest BCUT2D eigenvalue weighted by atomic mass is 9.80. The van der Waals surface area contributed by atoms with Crippen molar-refractivity contribution in [2.45, 2.75) is 38.8 Å². The Morgan fingerprint density at radius 2 is 2.24 bits per heavy atom. The van der Waals surface area contributed by atoms with Gasteiger partial charge in [0.25, 0.3) is 0 Å². The van der Waals surface area contributed by atoms with Crippen molar-refractivity contribution < 1.29 is 0 Å². The van der Waals surface area contributed by atoms with Gasteiger partial charge in [-0.2, -0.15) is 0 Å². The number of fused-ring (bicyclic) bond motifs is 1. The third-order valence-electron chi connectivity index (χ3n) is 3.77. The molecule has 1 aliphatic carbocycles. The van der Waals surface area contributed by atoms with Crippen molar-refractivity contribution in [1.82, 2.24) is 10.3 Å². The van der Waals surface area contributed by atoms with Gasteiger partial charge in [0.15, 0.2) is 0 Å². The van der Waals surface area contributed by atoms with Crippen LogP contribution in [0.5, 0.6) is 0 Å². The van der Waals surface area contributed by atoms with Crippen molar-refractivity contribution in [3.63, 3.8) is 0 Å². The zero-order valence-electron chi connectivity index (χ0n) is 10.1. The summed E-state index contributed by atoms with van der Waals surface area (Å²) in [5.74, 6) is 0.893. The molecular weight excluding hydrogens is 228 g/mol. The minimum absolute atomic E-state index is 0.635. The van der Waals surface area contributed by atoms with Gasteiger partial charge in [-0.3, -0.25) is 0 Å². The molecule has 0 bridgehead atoms. The van der Waals surface area contributed by atoms with E-state index >= 15 is 0 Å². The molecular formula is C14H18N2S. The van der Waals surface area contributed by atoms with Crippen LogP contribution in [0.3, 0.4) is 0 Å². The lowest BCUT2D eigenvalue weighted by Crippen LogP contribution is -2.36. The molecule has 1 atom stereocenters. The molecule has 0 radical (unpaired) electrons. The highest BCUT2D eigenvalue weighted by atomic mass is 32.1. The number of thiazole rings is 1. The molecule has 0 spiro atoms. The molecule has 1 N–H and O–H groups in total. The molecule has 3 rings (SSSR count). The second kappa shape index (κ2) is 4.75. The molecule has 3 heteroatoms. The normalized spacial score (nSPS) is 18.2. The van der Waals surface area contributed by atoms with Crippen LogP contribution in [-0.4, -0.2) is 11.0 Å². The first kappa shape index (κ1) is 11.2. The van der Waals surface area contributed by atoms with Crippen molar-refractivity contribution in [2.24, 2.45) is 5.92 Å². The third kappa shape index (κ3) is 2.35. The molecule has 17 heavy (non-hydrogen) atoms. The highest BCUT2D eigenvalue weighted by Gasteiger charge is 2.23. The summed E-state index contributed by atoms with van der Waals surface area (Å²) in [6.07, 6.45) is 4.21. The molecule has 0 amide bonds. The van der Waals surface area contributed by atoms with Crippen molar-refractivity contribution >= 4 is 21.6 Å². The van der Waals surface area contributed by atoms with E-state index < -0.39 is 0 Å². The number of aromatic nitrogens is 1. The average molecular weight is 246 g/mol. The number of rotatable bonds is 4. The number of hydrogen-bond donors (Lipinski definition) is 1. The Hall–Kier alpha value is -0.930. The number of para-hydroxylation sites is 1. The Bertz CT molecular complexity index is 469. The molecule has 2 nitrogen and oxygen atoms in total. The van der Waals surface area contributed by atoms with E-state index in [0.717, 1.165) is 18.0 Å². The van der Waals surface area contributed by atoms with Crippen LogP contribution < -0.4 is 5.32 Å². The Labute approximate surface area is 106 Å². The first-order chi connectivity index (χ1) is 8.33. The Morgan fingerprint density at radius 3 is 2.94 bits per heavy atom. The largest absolute Gasteiger partial charge is 0.308 e. The minimum Gasteiger partial charge on any atom is -0.308 e. The first-order valence-electron chi connectivity index (χ1n) is 6.41. The van der Waals surface area contributed by atoms with E-state index in [2.05, 4.69) is 41.5 Å². The highest BCUT2D eigenvalue weighted by Crippen LogP contribution is 2.29. The fourth-order valence-electron chi connectivity index (χ4n) is 2.35. The summed E-state index contributed by atoms with van der Waals surface area (Å²) < 4.78 is 1.29. The molecule has 1 aliphatic rings. The summed E-state index contributed by atoms with van der Waals surface area (Å²) in [6, 6.07) is 9.00. The van der Waals surface area contributed by atoms with Gasteiger partial charge in [0.1, 0.15) is 5.01 Å². The van der Waals surface area contributed by atoms with Crippen molar-refractivity contribution in [2.75, 3.05) is 0 Å². The summed E-state index contributed by atoms with van der Waals surface area (Å²) in [6.45, 7) is 3.22. The van der Waals surface area contributed by atoms with E-state index in [1.807, 2.05) is 0 Å². The second-order valence-corrected chi connectivity index (χ2v) is 6.05.